The zero-order valence-electron chi connectivity index (χ0n) is 18.6. The number of alkyl halides is 3. The summed E-state index contributed by atoms with van der Waals surface area (Å²) in [5, 5.41) is 0. The fourth-order valence-corrected chi connectivity index (χ4v) is 3.70. The molecule has 0 aliphatic heterocycles. The Hall–Kier alpha value is -3.53. The molecule has 0 heterocycles. The fourth-order valence-electron chi connectivity index (χ4n) is 3.70. The molecule has 0 atom stereocenters. The van der Waals surface area contributed by atoms with Gasteiger partial charge >= 0.3 is 6.18 Å². The zero-order valence-corrected chi connectivity index (χ0v) is 18.6. The highest BCUT2D eigenvalue weighted by Crippen LogP contribution is 2.33. The van der Waals surface area contributed by atoms with Crippen molar-refractivity contribution in [3.05, 3.63) is 114 Å². The average molecular weight is 447 g/mol. The first-order valence-electron chi connectivity index (χ1n) is 10.9. The van der Waals surface area contributed by atoms with Crippen LogP contribution in [0, 0.1) is 0 Å². The summed E-state index contributed by atoms with van der Waals surface area (Å²) in [6.45, 7) is 4.75. The third kappa shape index (κ3) is 5.46. The molecule has 0 bridgehead atoms. The van der Waals surface area contributed by atoms with Crippen molar-refractivity contribution in [3.63, 3.8) is 0 Å². The van der Waals surface area contributed by atoms with Gasteiger partial charge in [0.05, 0.1) is 5.56 Å². The lowest BCUT2D eigenvalue weighted by Crippen LogP contribution is -2.04. The van der Waals surface area contributed by atoms with Gasteiger partial charge in [-0.05, 0) is 51.9 Å². The van der Waals surface area contributed by atoms with Crippen molar-refractivity contribution in [2.75, 3.05) is 0 Å². The van der Waals surface area contributed by atoms with Crippen LogP contribution >= 0.6 is 0 Å². The van der Waals surface area contributed by atoms with E-state index in [4.69, 9.17) is 4.74 Å². The maximum Gasteiger partial charge on any atom is 0.416 e. The lowest BCUT2D eigenvalue weighted by atomic mass is 9.97. The first kappa shape index (κ1) is 22.7. The Morgan fingerprint density at radius 2 is 1.33 bits per heavy atom. The van der Waals surface area contributed by atoms with Crippen molar-refractivity contribution in [2.45, 2.75) is 32.5 Å². The number of halogens is 3. The minimum Gasteiger partial charge on any atom is -0.488 e. The van der Waals surface area contributed by atoms with Gasteiger partial charge in [-0.1, -0.05) is 92.7 Å². The summed E-state index contributed by atoms with van der Waals surface area (Å²) in [5.74, 6) is 1.26. The second-order valence-corrected chi connectivity index (χ2v) is 8.34. The highest BCUT2D eigenvalue weighted by Gasteiger charge is 2.29. The predicted molar refractivity (Wildman–Crippen MR) is 127 cm³/mol. The van der Waals surface area contributed by atoms with Crippen LogP contribution in [0.1, 0.15) is 36.5 Å². The van der Waals surface area contributed by atoms with Crippen molar-refractivity contribution in [1.29, 1.82) is 0 Å². The number of rotatable bonds is 6. The van der Waals surface area contributed by atoms with Crippen LogP contribution in [0.15, 0.2) is 97.1 Å². The third-order valence-corrected chi connectivity index (χ3v) is 5.65. The van der Waals surface area contributed by atoms with Gasteiger partial charge in [0.25, 0.3) is 0 Å². The van der Waals surface area contributed by atoms with Gasteiger partial charge in [0.1, 0.15) is 12.4 Å². The Morgan fingerprint density at radius 3 is 1.97 bits per heavy atom. The minimum absolute atomic E-state index is 0.397. The maximum atomic E-state index is 12.8. The molecule has 0 aliphatic carbocycles. The number of hydrogen-bond donors (Lipinski definition) is 0. The molecule has 0 saturated heterocycles. The highest BCUT2D eigenvalue weighted by molar-refractivity contribution is 5.71. The van der Waals surface area contributed by atoms with Crippen LogP contribution in [0.3, 0.4) is 0 Å². The summed E-state index contributed by atoms with van der Waals surface area (Å²) in [4.78, 5) is 0. The number of hydrogen-bond acceptors (Lipinski definition) is 1. The van der Waals surface area contributed by atoms with E-state index in [1.165, 1.54) is 17.7 Å². The molecule has 0 aliphatic rings. The van der Waals surface area contributed by atoms with Gasteiger partial charge in [-0.3, -0.25) is 0 Å². The molecular formula is C29H25F3O. The van der Waals surface area contributed by atoms with Gasteiger partial charge in [0, 0.05) is 5.56 Å². The third-order valence-electron chi connectivity index (χ3n) is 5.65. The summed E-state index contributed by atoms with van der Waals surface area (Å²) >= 11 is 0. The van der Waals surface area contributed by atoms with Crippen molar-refractivity contribution in [2.24, 2.45) is 0 Å². The van der Waals surface area contributed by atoms with E-state index in [0.29, 0.717) is 12.5 Å². The minimum atomic E-state index is -4.33. The van der Waals surface area contributed by atoms with Gasteiger partial charge in [0.2, 0.25) is 0 Å². The lowest BCUT2D eigenvalue weighted by molar-refractivity contribution is -0.137. The SMILES string of the molecule is CC(C)c1cccc(-c2ccccc2OCc2ccc(-c3ccc(C(F)(F)F)cc3)cc2)c1. The topological polar surface area (TPSA) is 9.23 Å². The van der Waals surface area contributed by atoms with Crippen molar-refractivity contribution >= 4 is 0 Å². The van der Waals surface area contributed by atoms with Crippen molar-refractivity contribution in [3.8, 4) is 28.0 Å². The molecule has 168 valence electrons. The Kier molecular flexibility index (Phi) is 6.55. The predicted octanol–water partition coefficient (Wildman–Crippen LogP) is 8.74. The van der Waals surface area contributed by atoms with E-state index in [0.717, 1.165) is 45.7 Å². The van der Waals surface area contributed by atoms with Gasteiger partial charge in [-0.2, -0.15) is 13.2 Å². The van der Waals surface area contributed by atoms with Gasteiger partial charge in [-0.25, -0.2) is 0 Å². The zero-order chi connectivity index (χ0) is 23.4. The van der Waals surface area contributed by atoms with E-state index < -0.39 is 11.7 Å². The van der Waals surface area contributed by atoms with Crippen LogP contribution in [-0.2, 0) is 12.8 Å². The second kappa shape index (κ2) is 9.53. The molecule has 0 amide bonds. The number of ether oxygens (including phenoxy) is 1. The molecule has 4 aromatic carbocycles. The molecule has 0 fully saturated rings. The molecule has 33 heavy (non-hydrogen) atoms. The van der Waals surface area contributed by atoms with Crippen molar-refractivity contribution < 1.29 is 17.9 Å². The Balaban J connectivity index is 1.48. The van der Waals surface area contributed by atoms with E-state index in [1.807, 2.05) is 42.5 Å². The Morgan fingerprint density at radius 1 is 0.697 bits per heavy atom. The lowest BCUT2D eigenvalue weighted by Gasteiger charge is -2.14. The fraction of sp³-hybridized carbons (Fsp3) is 0.172. The average Bonchev–Trinajstić information content (AvgIpc) is 2.83. The molecule has 0 N–H and O–H groups in total. The molecule has 0 aromatic heterocycles. The quantitative estimate of drug-likeness (QED) is 0.288. The summed E-state index contributed by atoms with van der Waals surface area (Å²) in [7, 11) is 0. The largest absolute Gasteiger partial charge is 0.488 e. The molecular weight excluding hydrogens is 421 g/mol. The molecule has 0 radical (unpaired) electrons. The van der Waals surface area contributed by atoms with Crippen LogP contribution in [0.2, 0.25) is 0 Å². The van der Waals surface area contributed by atoms with Gasteiger partial charge < -0.3 is 4.74 Å². The molecule has 1 nitrogen and oxygen atoms in total. The number of benzene rings is 4. The molecule has 4 rings (SSSR count). The van der Waals surface area contributed by atoms with Crippen molar-refractivity contribution in [1.82, 2.24) is 0 Å². The maximum absolute atomic E-state index is 12.8. The molecule has 4 aromatic rings. The summed E-state index contributed by atoms with van der Waals surface area (Å²) in [5.41, 5.74) is 5.38. The van der Waals surface area contributed by atoms with Gasteiger partial charge in [0.15, 0.2) is 0 Å². The monoisotopic (exact) mass is 446 g/mol. The summed E-state index contributed by atoms with van der Waals surface area (Å²) in [6, 6.07) is 29.4. The first-order valence-corrected chi connectivity index (χ1v) is 10.9. The highest BCUT2D eigenvalue weighted by atomic mass is 19.4. The van der Waals surface area contributed by atoms with E-state index in [1.54, 1.807) is 0 Å². The normalized spacial score (nSPS) is 11.6. The van der Waals surface area contributed by atoms with E-state index in [-0.39, 0.29) is 0 Å². The number of para-hydroxylation sites is 1. The second-order valence-electron chi connectivity index (χ2n) is 8.34. The molecule has 4 heteroatoms. The van der Waals surface area contributed by atoms with E-state index in [2.05, 4.69) is 44.2 Å². The molecule has 0 saturated carbocycles. The van der Waals surface area contributed by atoms with E-state index in [9.17, 15) is 13.2 Å². The summed E-state index contributed by atoms with van der Waals surface area (Å²) < 4.78 is 44.5. The summed E-state index contributed by atoms with van der Waals surface area (Å²) in [6.07, 6.45) is -4.33. The first-order chi connectivity index (χ1) is 15.8. The molecule has 0 unspecified atom stereocenters. The molecule has 0 spiro atoms. The standard InChI is InChI=1S/C29H25F3O/c1-20(2)24-6-5-7-25(18-24)27-8-3-4-9-28(27)33-19-21-10-12-22(13-11-21)23-14-16-26(17-15-23)29(30,31)32/h3-18,20H,19H2,1-2H3. The van der Waals surface area contributed by atoms with Crippen LogP contribution in [0.4, 0.5) is 13.2 Å². The van der Waals surface area contributed by atoms with Crippen LogP contribution in [0.25, 0.3) is 22.3 Å². The van der Waals surface area contributed by atoms with Crippen LogP contribution < -0.4 is 4.74 Å². The van der Waals surface area contributed by atoms with Gasteiger partial charge in [-0.15, -0.1) is 0 Å². The Labute approximate surface area is 192 Å². The van der Waals surface area contributed by atoms with E-state index >= 15 is 0 Å². The Bertz CT molecular complexity index is 1210. The smallest absolute Gasteiger partial charge is 0.416 e. The van der Waals surface area contributed by atoms with Crippen LogP contribution in [0.5, 0.6) is 5.75 Å². The van der Waals surface area contributed by atoms with Crippen LogP contribution in [-0.4, -0.2) is 0 Å².